The quantitative estimate of drug-likeness (QED) is 0.682. The molecule has 0 aliphatic rings. The van der Waals surface area contributed by atoms with E-state index in [1.165, 1.54) is 0 Å². The fraction of sp³-hybridized carbons (Fsp3) is 0.286. The molecule has 0 bridgehead atoms. The first-order valence-electron chi connectivity index (χ1n) is 2.97. The maximum atomic E-state index is 11.0. The summed E-state index contributed by atoms with van der Waals surface area (Å²) in [5.74, 6) is 0. The molecular weight excluding hydrogens is 194 g/mol. The fourth-order valence-corrected chi connectivity index (χ4v) is 1.05. The minimum absolute atomic E-state index is 0.0359. The minimum atomic E-state index is 0.0359. The Labute approximate surface area is 67.4 Å². The molecule has 0 radical (unpaired) electrons. The van der Waals surface area contributed by atoms with Gasteiger partial charge in [0.25, 0.3) is 0 Å². The molecule has 1 rings (SSSR count). The monoisotopic (exact) mass is 201 g/mol. The number of rotatable bonds is 0. The van der Waals surface area contributed by atoms with Gasteiger partial charge in [0.2, 0.25) is 0 Å². The number of aromatic nitrogens is 1. The highest BCUT2D eigenvalue weighted by Gasteiger charge is 1.98. The number of halogens is 1. The molecule has 0 saturated heterocycles. The SMILES string of the molecule is Cc1cc(=O)c(Br)c(C)[nH]1. The number of nitrogens with one attached hydrogen (secondary N) is 1. The molecule has 0 spiro atoms. The predicted octanol–water partition coefficient (Wildman–Crippen LogP) is 1.75. The van der Waals surface area contributed by atoms with Crippen LogP contribution in [0, 0.1) is 13.8 Å². The van der Waals surface area contributed by atoms with Crippen molar-refractivity contribution in [2.45, 2.75) is 13.8 Å². The van der Waals surface area contributed by atoms with E-state index in [1.54, 1.807) is 6.07 Å². The van der Waals surface area contributed by atoms with Crippen molar-refractivity contribution in [3.05, 3.63) is 32.2 Å². The molecule has 3 heteroatoms. The third kappa shape index (κ3) is 1.29. The van der Waals surface area contributed by atoms with E-state index >= 15 is 0 Å². The van der Waals surface area contributed by atoms with Gasteiger partial charge in [-0.3, -0.25) is 4.79 Å². The van der Waals surface area contributed by atoms with Crippen molar-refractivity contribution in [1.29, 1.82) is 0 Å². The summed E-state index contributed by atoms with van der Waals surface area (Å²) in [6.07, 6.45) is 0. The molecule has 0 unspecified atom stereocenters. The molecule has 0 amide bonds. The van der Waals surface area contributed by atoms with Crippen LogP contribution in [0.15, 0.2) is 15.3 Å². The molecule has 10 heavy (non-hydrogen) atoms. The summed E-state index contributed by atoms with van der Waals surface area (Å²) in [5, 5.41) is 0. The molecule has 1 aromatic rings. The number of pyridine rings is 1. The van der Waals surface area contributed by atoms with Crippen molar-refractivity contribution < 1.29 is 0 Å². The third-order valence-corrected chi connectivity index (χ3v) is 2.26. The molecule has 2 nitrogen and oxygen atoms in total. The zero-order valence-corrected chi connectivity index (χ0v) is 7.45. The van der Waals surface area contributed by atoms with Crippen LogP contribution in [-0.2, 0) is 0 Å². The molecule has 0 aromatic carbocycles. The summed E-state index contributed by atoms with van der Waals surface area (Å²) < 4.78 is 0.623. The normalized spacial score (nSPS) is 9.90. The predicted molar refractivity (Wildman–Crippen MR) is 44.2 cm³/mol. The Balaban J connectivity index is 3.46. The van der Waals surface area contributed by atoms with Gasteiger partial charge in [0.1, 0.15) is 0 Å². The molecule has 54 valence electrons. The summed E-state index contributed by atoms with van der Waals surface area (Å²) in [5.41, 5.74) is 1.81. The van der Waals surface area contributed by atoms with Crippen LogP contribution in [0.1, 0.15) is 11.4 Å². The minimum Gasteiger partial charge on any atom is -0.362 e. The molecular formula is C7H8BrNO. The topological polar surface area (TPSA) is 32.9 Å². The fourth-order valence-electron chi connectivity index (χ4n) is 0.832. The van der Waals surface area contributed by atoms with Crippen molar-refractivity contribution in [1.82, 2.24) is 4.98 Å². The van der Waals surface area contributed by atoms with E-state index < -0.39 is 0 Å². The van der Waals surface area contributed by atoms with Crippen LogP contribution in [0.25, 0.3) is 0 Å². The van der Waals surface area contributed by atoms with Crippen molar-refractivity contribution in [2.75, 3.05) is 0 Å². The second kappa shape index (κ2) is 2.58. The summed E-state index contributed by atoms with van der Waals surface area (Å²) in [6, 6.07) is 1.57. The van der Waals surface area contributed by atoms with Crippen molar-refractivity contribution in [3.63, 3.8) is 0 Å². The highest BCUT2D eigenvalue weighted by Crippen LogP contribution is 2.07. The van der Waals surface area contributed by atoms with Crippen LogP contribution in [0.3, 0.4) is 0 Å². The number of hydrogen-bond donors (Lipinski definition) is 1. The smallest absolute Gasteiger partial charge is 0.196 e. The van der Waals surface area contributed by atoms with Gasteiger partial charge >= 0.3 is 0 Å². The first-order chi connectivity index (χ1) is 4.61. The summed E-state index contributed by atoms with van der Waals surface area (Å²) >= 11 is 3.17. The average molecular weight is 202 g/mol. The molecule has 0 fully saturated rings. The lowest BCUT2D eigenvalue weighted by molar-refractivity contribution is 1.09. The van der Waals surface area contributed by atoms with Crippen molar-refractivity contribution >= 4 is 15.9 Å². The summed E-state index contributed by atoms with van der Waals surface area (Å²) in [7, 11) is 0. The third-order valence-electron chi connectivity index (χ3n) is 1.28. The van der Waals surface area contributed by atoms with Gasteiger partial charge in [-0.1, -0.05) is 0 Å². The lowest BCUT2D eigenvalue weighted by Gasteiger charge is -1.97. The second-order valence-corrected chi connectivity index (χ2v) is 3.05. The average Bonchev–Trinajstić information content (AvgIpc) is 1.82. The maximum Gasteiger partial charge on any atom is 0.196 e. The zero-order chi connectivity index (χ0) is 7.72. The molecule has 1 N–H and O–H groups in total. The number of hydrogen-bond acceptors (Lipinski definition) is 1. The number of aryl methyl sites for hydroxylation is 2. The van der Waals surface area contributed by atoms with Gasteiger partial charge in [-0.15, -0.1) is 0 Å². The molecule has 0 atom stereocenters. The van der Waals surface area contributed by atoms with Gasteiger partial charge in [0.15, 0.2) is 5.43 Å². The Bertz CT molecular complexity index is 303. The molecule has 0 saturated carbocycles. The van der Waals surface area contributed by atoms with Crippen LogP contribution in [0.2, 0.25) is 0 Å². The van der Waals surface area contributed by atoms with Crippen LogP contribution in [0.5, 0.6) is 0 Å². The van der Waals surface area contributed by atoms with Crippen LogP contribution < -0.4 is 5.43 Å². The Hall–Kier alpha value is -0.570. The van der Waals surface area contributed by atoms with E-state index in [1.807, 2.05) is 13.8 Å². The molecule has 0 aliphatic heterocycles. The van der Waals surface area contributed by atoms with Crippen LogP contribution >= 0.6 is 15.9 Å². The lowest BCUT2D eigenvalue weighted by Crippen LogP contribution is -2.05. The van der Waals surface area contributed by atoms with Gasteiger partial charge in [0, 0.05) is 17.5 Å². The molecule has 0 aliphatic carbocycles. The van der Waals surface area contributed by atoms with E-state index in [-0.39, 0.29) is 5.43 Å². The van der Waals surface area contributed by atoms with Crippen molar-refractivity contribution in [2.24, 2.45) is 0 Å². The van der Waals surface area contributed by atoms with Gasteiger partial charge < -0.3 is 4.98 Å². The standard InChI is InChI=1S/C7H8BrNO/c1-4-3-6(10)7(8)5(2)9-4/h3H,1-2H3,(H,9,10). The molecule has 1 aromatic heterocycles. The van der Waals surface area contributed by atoms with Gasteiger partial charge in [-0.25, -0.2) is 0 Å². The summed E-state index contributed by atoms with van der Waals surface area (Å²) in [6.45, 7) is 3.72. The van der Waals surface area contributed by atoms with Gasteiger partial charge in [-0.2, -0.15) is 0 Å². The Morgan fingerprint density at radius 1 is 1.50 bits per heavy atom. The number of aromatic amines is 1. The first kappa shape index (κ1) is 7.54. The highest BCUT2D eigenvalue weighted by molar-refractivity contribution is 9.10. The second-order valence-electron chi connectivity index (χ2n) is 2.26. The van der Waals surface area contributed by atoms with E-state index in [4.69, 9.17) is 0 Å². The zero-order valence-electron chi connectivity index (χ0n) is 5.86. The first-order valence-corrected chi connectivity index (χ1v) is 3.76. The van der Waals surface area contributed by atoms with E-state index in [2.05, 4.69) is 20.9 Å². The van der Waals surface area contributed by atoms with E-state index in [0.29, 0.717) is 4.47 Å². The highest BCUT2D eigenvalue weighted by atomic mass is 79.9. The van der Waals surface area contributed by atoms with E-state index in [0.717, 1.165) is 11.4 Å². The largest absolute Gasteiger partial charge is 0.362 e. The van der Waals surface area contributed by atoms with Crippen molar-refractivity contribution in [3.8, 4) is 0 Å². The molecule has 1 heterocycles. The number of H-pyrrole nitrogens is 1. The Kier molecular flexibility index (Phi) is 1.94. The van der Waals surface area contributed by atoms with E-state index in [9.17, 15) is 4.79 Å². The lowest BCUT2D eigenvalue weighted by atomic mass is 10.3. The Morgan fingerprint density at radius 3 is 2.60 bits per heavy atom. The summed E-state index contributed by atoms with van der Waals surface area (Å²) in [4.78, 5) is 14.0. The van der Waals surface area contributed by atoms with Gasteiger partial charge in [0.05, 0.1) is 4.47 Å². The van der Waals surface area contributed by atoms with Gasteiger partial charge in [-0.05, 0) is 29.8 Å². The van der Waals surface area contributed by atoms with Crippen LogP contribution in [-0.4, -0.2) is 4.98 Å². The van der Waals surface area contributed by atoms with Crippen LogP contribution in [0.4, 0.5) is 0 Å². The maximum absolute atomic E-state index is 11.0. The Morgan fingerprint density at radius 2 is 2.10 bits per heavy atom.